The van der Waals surface area contributed by atoms with Crippen molar-refractivity contribution in [1.29, 1.82) is 0 Å². The molecular formula is C42H48I2O4. The summed E-state index contributed by atoms with van der Waals surface area (Å²) in [5, 5.41) is 0. The minimum Gasteiger partial charge on any atom is -0.491 e. The molecule has 0 spiro atoms. The molecule has 0 N–H and O–H groups in total. The van der Waals surface area contributed by atoms with E-state index >= 15 is 0 Å². The molecule has 4 nitrogen and oxygen atoms in total. The van der Waals surface area contributed by atoms with Gasteiger partial charge in [0, 0.05) is 13.1 Å². The molecule has 6 heteroatoms. The molecule has 0 aliphatic heterocycles. The van der Waals surface area contributed by atoms with E-state index in [2.05, 4.69) is 144 Å². The molecule has 6 rings (SSSR count). The highest BCUT2D eigenvalue weighted by Crippen LogP contribution is 2.39. The lowest BCUT2D eigenvalue weighted by Crippen LogP contribution is -2.11. The first-order valence-corrected chi connectivity index (χ1v) is 19.8. The van der Waals surface area contributed by atoms with E-state index in [4.69, 9.17) is 18.9 Å². The van der Waals surface area contributed by atoms with E-state index in [9.17, 15) is 0 Å². The van der Waals surface area contributed by atoms with Gasteiger partial charge in [0.1, 0.15) is 24.7 Å². The number of rotatable bonds is 19. The molecule has 2 saturated carbocycles. The van der Waals surface area contributed by atoms with Gasteiger partial charge in [0.2, 0.25) is 0 Å². The molecule has 254 valence electrons. The average molecular weight is 871 g/mol. The largest absolute Gasteiger partial charge is 0.491 e. The van der Waals surface area contributed by atoms with Crippen LogP contribution >= 0.6 is 45.2 Å². The second-order valence-electron chi connectivity index (χ2n) is 13.4. The van der Waals surface area contributed by atoms with Gasteiger partial charge in [-0.2, -0.15) is 0 Å². The molecule has 2 atom stereocenters. The normalized spacial score (nSPS) is 15.7. The monoisotopic (exact) mass is 870 g/mol. The molecule has 0 saturated heterocycles. The Kier molecular flexibility index (Phi) is 13.1. The first-order valence-electron chi connectivity index (χ1n) is 17.7. The van der Waals surface area contributed by atoms with Gasteiger partial charge in [-0.05, 0) is 178 Å². The van der Waals surface area contributed by atoms with Gasteiger partial charge < -0.3 is 18.9 Å². The Morgan fingerprint density at radius 1 is 0.646 bits per heavy atom. The molecule has 4 aromatic carbocycles. The summed E-state index contributed by atoms with van der Waals surface area (Å²) in [4.78, 5) is 0. The van der Waals surface area contributed by atoms with Crippen LogP contribution in [0.15, 0.2) is 84.9 Å². The molecule has 0 bridgehead atoms. The minimum atomic E-state index is 0.274. The summed E-state index contributed by atoms with van der Waals surface area (Å²) in [5.41, 5.74) is 8.37. The van der Waals surface area contributed by atoms with Gasteiger partial charge in [0.15, 0.2) is 0 Å². The van der Waals surface area contributed by atoms with Crippen LogP contribution in [-0.2, 0) is 22.3 Å². The first kappa shape index (κ1) is 35.7. The van der Waals surface area contributed by atoms with Gasteiger partial charge in [-0.15, -0.1) is 0 Å². The highest BCUT2D eigenvalue weighted by atomic mass is 127. The highest BCUT2D eigenvalue weighted by Gasteiger charge is 2.24. The van der Waals surface area contributed by atoms with Gasteiger partial charge in [0.05, 0.1) is 25.4 Å². The average Bonchev–Trinajstić information content (AvgIpc) is 4.03. The maximum atomic E-state index is 6.04. The Hall–Kier alpha value is -2.14. The van der Waals surface area contributed by atoms with Gasteiger partial charge in [-0.25, -0.2) is 0 Å². The number of hydrogen-bond acceptors (Lipinski definition) is 4. The van der Waals surface area contributed by atoms with Crippen molar-refractivity contribution in [2.45, 2.75) is 89.3 Å². The van der Waals surface area contributed by atoms with Crippen LogP contribution in [0.2, 0.25) is 0 Å². The lowest BCUT2D eigenvalue weighted by molar-refractivity contribution is 0.0880. The maximum Gasteiger partial charge on any atom is 0.119 e. The van der Waals surface area contributed by atoms with Gasteiger partial charge >= 0.3 is 0 Å². The molecule has 2 unspecified atom stereocenters. The van der Waals surface area contributed by atoms with Crippen molar-refractivity contribution in [3.63, 3.8) is 0 Å². The van der Waals surface area contributed by atoms with E-state index in [0.717, 1.165) is 37.2 Å². The van der Waals surface area contributed by atoms with Crippen LogP contribution < -0.4 is 9.47 Å². The van der Waals surface area contributed by atoms with Crippen LogP contribution in [0.4, 0.5) is 0 Å². The van der Waals surface area contributed by atoms with Crippen LogP contribution in [0.5, 0.6) is 11.5 Å². The van der Waals surface area contributed by atoms with E-state index in [1.807, 2.05) is 0 Å². The Morgan fingerprint density at radius 2 is 1.23 bits per heavy atom. The maximum absolute atomic E-state index is 6.04. The second-order valence-corrected chi connectivity index (χ2v) is 15.8. The predicted molar refractivity (Wildman–Crippen MR) is 212 cm³/mol. The van der Waals surface area contributed by atoms with E-state index in [1.54, 1.807) is 0 Å². The standard InChI is InChI=1S/C42H48I2O4/c1-3-4-31-7-10-35(44)28-42(31)41(32-8-14-37(15-9-32)46-22-24-48-39-18-19-39)25-29(2)40-20-11-34(43)27-33(40)26-30-5-12-36(13-6-30)45-21-23-47-38-16-17-38/h5-15,20,27-29,38-39,41H,3-4,16-19,21-26H2,1-2H3. The van der Waals surface area contributed by atoms with Gasteiger partial charge in [-0.1, -0.05) is 56.7 Å². The third-order valence-electron chi connectivity index (χ3n) is 9.29. The van der Waals surface area contributed by atoms with Crippen LogP contribution in [0.25, 0.3) is 0 Å². The zero-order valence-electron chi connectivity index (χ0n) is 28.3. The summed E-state index contributed by atoms with van der Waals surface area (Å²) in [6.07, 6.45) is 9.83. The van der Waals surface area contributed by atoms with Crippen molar-refractivity contribution in [3.8, 4) is 11.5 Å². The molecule has 4 aromatic rings. The fourth-order valence-corrected chi connectivity index (χ4v) is 7.53. The van der Waals surface area contributed by atoms with Gasteiger partial charge in [-0.3, -0.25) is 0 Å². The highest BCUT2D eigenvalue weighted by molar-refractivity contribution is 14.1. The van der Waals surface area contributed by atoms with Crippen molar-refractivity contribution < 1.29 is 18.9 Å². The van der Waals surface area contributed by atoms with Crippen LogP contribution in [0, 0.1) is 7.14 Å². The van der Waals surface area contributed by atoms with E-state index in [0.29, 0.717) is 44.6 Å². The zero-order chi connectivity index (χ0) is 33.3. The third kappa shape index (κ3) is 10.7. The number of halogens is 2. The summed E-state index contributed by atoms with van der Waals surface area (Å²) in [6, 6.07) is 31.5. The molecule has 0 heterocycles. The minimum absolute atomic E-state index is 0.274. The van der Waals surface area contributed by atoms with Crippen molar-refractivity contribution in [3.05, 3.63) is 125 Å². The summed E-state index contributed by atoms with van der Waals surface area (Å²) in [5.74, 6) is 2.44. The van der Waals surface area contributed by atoms with Crippen LogP contribution in [0.1, 0.15) is 97.6 Å². The lowest BCUT2D eigenvalue weighted by atomic mass is 9.78. The Labute approximate surface area is 314 Å². The Bertz CT molecular complexity index is 1600. The molecule has 0 aromatic heterocycles. The van der Waals surface area contributed by atoms with Crippen LogP contribution in [0.3, 0.4) is 0 Å². The smallest absolute Gasteiger partial charge is 0.119 e. The second kappa shape index (κ2) is 17.7. The number of benzene rings is 4. The molecule has 0 radical (unpaired) electrons. The summed E-state index contributed by atoms with van der Waals surface area (Å²) in [6.45, 7) is 7.19. The summed E-state index contributed by atoms with van der Waals surface area (Å²) < 4.78 is 26.0. The van der Waals surface area contributed by atoms with Crippen molar-refractivity contribution in [1.82, 2.24) is 0 Å². The topological polar surface area (TPSA) is 36.9 Å². The fraction of sp³-hybridized carbons (Fsp3) is 0.429. The molecule has 2 aliphatic rings. The van der Waals surface area contributed by atoms with E-state index in [1.165, 1.54) is 66.2 Å². The molecule has 2 aliphatic carbocycles. The number of aryl methyl sites for hydroxylation is 1. The van der Waals surface area contributed by atoms with Crippen molar-refractivity contribution >= 4 is 45.2 Å². The first-order chi connectivity index (χ1) is 23.4. The van der Waals surface area contributed by atoms with Gasteiger partial charge in [0.25, 0.3) is 0 Å². The quantitative estimate of drug-likeness (QED) is 0.0695. The Balaban J connectivity index is 1.19. The summed E-state index contributed by atoms with van der Waals surface area (Å²) >= 11 is 4.92. The SMILES string of the molecule is CCCc1ccc(I)cc1C(CC(C)c1ccc(I)cc1Cc1ccc(OCCOC2CC2)cc1)c1ccc(OCCOC2CC2)cc1. The van der Waals surface area contributed by atoms with Crippen molar-refractivity contribution in [2.75, 3.05) is 26.4 Å². The molecule has 2 fully saturated rings. The molecule has 0 amide bonds. The molecular weight excluding hydrogens is 822 g/mol. The summed E-state index contributed by atoms with van der Waals surface area (Å²) in [7, 11) is 0. The predicted octanol–water partition coefficient (Wildman–Crippen LogP) is 10.9. The van der Waals surface area contributed by atoms with E-state index in [-0.39, 0.29) is 5.92 Å². The van der Waals surface area contributed by atoms with Crippen molar-refractivity contribution in [2.24, 2.45) is 0 Å². The zero-order valence-corrected chi connectivity index (χ0v) is 32.6. The van der Waals surface area contributed by atoms with E-state index < -0.39 is 0 Å². The van der Waals surface area contributed by atoms with Crippen LogP contribution in [-0.4, -0.2) is 38.6 Å². The number of hydrogen-bond donors (Lipinski definition) is 0. The third-order valence-corrected chi connectivity index (χ3v) is 10.6. The lowest BCUT2D eigenvalue weighted by Gasteiger charge is -2.26. The Morgan fingerprint density at radius 3 is 1.83 bits per heavy atom. The number of ether oxygens (including phenoxy) is 4. The fourth-order valence-electron chi connectivity index (χ4n) is 6.46. The molecule has 48 heavy (non-hydrogen) atoms.